The van der Waals surface area contributed by atoms with E-state index in [9.17, 15) is 4.79 Å². The molecule has 2 fully saturated rings. The van der Waals surface area contributed by atoms with Gasteiger partial charge in [-0.3, -0.25) is 9.69 Å². The quantitative estimate of drug-likeness (QED) is 0.744. The summed E-state index contributed by atoms with van der Waals surface area (Å²) < 4.78 is 10.8. The lowest BCUT2D eigenvalue weighted by molar-refractivity contribution is -0.133. The van der Waals surface area contributed by atoms with Crippen molar-refractivity contribution in [1.29, 1.82) is 0 Å². The van der Waals surface area contributed by atoms with Crippen LogP contribution in [-0.4, -0.2) is 82.7 Å². The summed E-state index contributed by atoms with van der Waals surface area (Å²) in [6, 6.07) is 0.323. The van der Waals surface area contributed by atoms with Crippen molar-refractivity contribution < 1.29 is 14.1 Å². The highest BCUT2D eigenvalue weighted by Gasteiger charge is 2.25. The van der Waals surface area contributed by atoms with Crippen molar-refractivity contribution in [3.8, 4) is 0 Å². The molecule has 1 N–H and O–H groups in total. The zero-order valence-electron chi connectivity index (χ0n) is 15.6. The number of piperazine rings is 1. The molecule has 0 aliphatic carbocycles. The van der Waals surface area contributed by atoms with Gasteiger partial charge in [-0.05, 0) is 13.8 Å². The number of nitrogens with one attached hydrogen (secondary N) is 1. The highest BCUT2D eigenvalue weighted by atomic mass is 32.2. The van der Waals surface area contributed by atoms with Gasteiger partial charge in [0.15, 0.2) is 5.82 Å². The van der Waals surface area contributed by atoms with Gasteiger partial charge in [0.2, 0.25) is 11.8 Å². The summed E-state index contributed by atoms with van der Waals surface area (Å²) in [6.07, 6.45) is 0.452. The molecule has 3 rings (SSSR count). The molecule has 26 heavy (non-hydrogen) atoms. The van der Waals surface area contributed by atoms with E-state index in [1.165, 1.54) is 0 Å². The van der Waals surface area contributed by atoms with Crippen LogP contribution < -0.4 is 5.32 Å². The van der Waals surface area contributed by atoms with Crippen molar-refractivity contribution in [1.82, 2.24) is 25.3 Å². The van der Waals surface area contributed by atoms with Gasteiger partial charge in [-0.2, -0.15) is 16.7 Å². The number of nitrogens with zero attached hydrogens (tertiary/aromatic N) is 4. The fraction of sp³-hybridized carbons (Fsp3) is 0.824. The molecule has 2 atom stereocenters. The van der Waals surface area contributed by atoms with Crippen molar-refractivity contribution in [3.05, 3.63) is 11.7 Å². The van der Waals surface area contributed by atoms with E-state index in [-0.39, 0.29) is 12.0 Å². The van der Waals surface area contributed by atoms with E-state index in [1.54, 1.807) is 0 Å². The van der Waals surface area contributed by atoms with Crippen LogP contribution in [-0.2, 0) is 16.1 Å². The fourth-order valence-corrected chi connectivity index (χ4v) is 4.21. The second-order valence-corrected chi connectivity index (χ2v) is 7.88. The molecular formula is C17H29N5O3S. The predicted molar refractivity (Wildman–Crippen MR) is 99.9 cm³/mol. The highest BCUT2D eigenvalue weighted by molar-refractivity contribution is 7.99. The maximum Gasteiger partial charge on any atom is 0.240 e. The van der Waals surface area contributed by atoms with Crippen LogP contribution in [0.25, 0.3) is 0 Å². The van der Waals surface area contributed by atoms with Gasteiger partial charge in [0, 0.05) is 63.3 Å². The van der Waals surface area contributed by atoms with E-state index >= 15 is 0 Å². The minimum atomic E-state index is -0.154. The summed E-state index contributed by atoms with van der Waals surface area (Å²) in [5, 5.41) is 7.43. The van der Waals surface area contributed by atoms with E-state index in [1.807, 2.05) is 30.5 Å². The molecule has 0 radical (unpaired) electrons. The second kappa shape index (κ2) is 9.68. The van der Waals surface area contributed by atoms with E-state index < -0.39 is 0 Å². The molecule has 1 aromatic heterocycles. The largest absolute Gasteiger partial charge is 0.371 e. The number of carbonyl (C=O) groups is 1. The number of carbonyl (C=O) groups excluding carboxylic acids is 1. The third-order valence-corrected chi connectivity index (χ3v) is 5.90. The SMILES string of the molecule is CCOC(C)c1noc(CN2CCN(C(=O)CC3CSCCN3)CC2)n1. The van der Waals surface area contributed by atoms with Gasteiger partial charge in [0.1, 0.15) is 6.10 Å². The maximum atomic E-state index is 12.5. The summed E-state index contributed by atoms with van der Waals surface area (Å²) >= 11 is 1.93. The number of thioether (sulfide) groups is 1. The molecule has 0 bridgehead atoms. The number of aromatic nitrogens is 2. The molecule has 146 valence electrons. The Balaban J connectivity index is 1.41. The van der Waals surface area contributed by atoms with E-state index in [2.05, 4.69) is 20.4 Å². The number of hydrogen-bond donors (Lipinski definition) is 1. The Labute approximate surface area is 159 Å². The first-order chi connectivity index (χ1) is 12.7. The molecule has 2 aliphatic rings. The Hall–Kier alpha value is -1.16. The van der Waals surface area contributed by atoms with E-state index in [0.717, 1.165) is 44.2 Å². The van der Waals surface area contributed by atoms with Gasteiger partial charge in [0.05, 0.1) is 6.54 Å². The first-order valence-electron chi connectivity index (χ1n) is 9.41. The van der Waals surface area contributed by atoms with Crippen LogP contribution in [0.3, 0.4) is 0 Å². The molecule has 2 unspecified atom stereocenters. The minimum absolute atomic E-state index is 0.154. The molecule has 1 amide bonds. The van der Waals surface area contributed by atoms with Gasteiger partial charge in [-0.25, -0.2) is 0 Å². The average molecular weight is 384 g/mol. The number of amides is 1. The molecule has 2 aliphatic heterocycles. The third kappa shape index (κ3) is 5.42. The molecule has 3 heterocycles. The predicted octanol–water partition coefficient (Wildman–Crippen LogP) is 0.906. The first-order valence-corrected chi connectivity index (χ1v) is 10.6. The first kappa shape index (κ1) is 19.6. The topological polar surface area (TPSA) is 83.7 Å². The summed E-state index contributed by atoms with van der Waals surface area (Å²) in [6.45, 7) is 9.29. The molecule has 0 aromatic carbocycles. The summed E-state index contributed by atoms with van der Waals surface area (Å²) in [7, 11) is 0. The smallest absolute Gasteiger partial charge is 0.240 e. The van der Waals surface area contributed by atoms with Gasteiger partial charge in [0.25, 0.3) is 0 Å². The lowest BCUT2D eigenvalue weighted by Crippen LogP contribution is -2.50. The number of rotatable bonds is 7. The van der Waals surface area contributed by atoms with Crippen molar-refractivity contribution in [2.45, 2.75) is 39.0 Å². The number of ether oxygens (including phenoxy) is 1. The Morgan fingerprint density at radius 1 is 1.42 bits per heavy atom. The summed E-state index contributed by atoms with van der Waals surface area (Å²) in [5.74, 6) is 3.63. The average Bonchev–Trinajstić information content (AvgIpc) is 3.12. The fourth-order valence-electron chi connectivity index (χ4n) is 3.26. The van der Waals surface area contributed by atoms with Gasteiger partial charge >= 0.3 is 0 Å². The summed E-state index contributed by atoms with van der Waals surface area (Å²) in [5.41, 5.74) is 0. The highest BCUT2D eigenvalue weighted by Crippen LogP contribution is 2.15. The molecule has 0 spiro atoms. The normalized spacial score (nSPS) is 23.2. The van der Waals surface area contributed by atoms with Crippen LogP contribution in [0.2, 0.25) is 0 Å². The van der Waals surface area contributed by atoms with Gasteiger partial charge in [-0.15, -0.1) is 0 Å². The van der Waals surface area contributed by atoms with Gasteiger partial charge < -0.3 is 19.5 Å². The van der Waals surface area contributed by atoms with E-state index in [0.29, 0.717) is 37.3 Å². The van der Waals surface area contributed by atoms with Crippen LogP contribution >= 0.6 is 11.8 Å². The lowest BCUT2D eigenvalue weighted by Gasteiger charge is -2.35. The monoisotopic (exact) mass is 383 g/mol. The van der Waals surface area contributed by atoms with Crippen molar-refractivity contribution in [3.63, 3.8) is 0 Å². The maximum absolute atomic E-state index is 12.5. The second-order valence-electron chi connectivity index (χ2n) is 6.73. The molecule has 1 aromatic rings. The van der Waals surface area contributed by atoms with Crippen LogP contribution in [0.15, 0.2) is 4.52 Å². The molecule has 0 saturated carbocycles. The molecular weight excluding hydrogens is 354 g/mol. The van der Waals surface area contributed by atoms with Crippen LogP contribution in [0.1, 0.15) is 38.1 Å². The standard InChI is InChI=1S/C17H29N5O3S/c1-3-24-13(2)17-19-15(25-20-17)11-21-5-7-22(8-6-21)16(23)10-14-12-26-9-4-18-14/h13-14,18H,3-12H2,1-2H3. The van der Waals surface area contributed by atoms with Crippen LogP contribution in [0, 0.1) is 0 Å². The lowest BCUT2D eigenvalue weighted by atomic mass is 10.2. The zero-order valence-corrected chi connectivity index (χ0v) is 16.5. The number of hydrogen-bond acceptors (Lipinski definition) is 8. The van der Waals surface area contributed by atoms with Crippen LogP contribution in [0.5, 0.6) is 0 Å². The van der Waals surface area contributed by atoms with Crippen molar-refractivity contribution in [2.75, 3.05) is 50.8 Å². The summed E-state index contributed by atoms with van der Waals surface area (Å²) in [4.78, 5) is 21.1. The van der Waals surface area contributed by atoms with Crippen molar-refractivity contribution in [2.24, 2.45) is 0 Å². The Bertz CT molecular complexity index is 570. The molecule has 2 saturated heterocycles. The minimum Gasteiger partial charge on any atom is -0.371 e. The Kier molecular flexibility index (Phi) is 7.30. The van der Waals surface area contributed by atoms with Crippen LogP contribution in [0.4, 0.5) is 0 Å². The third-order valence-electron chi connectivity index (χ3n) is 4.77. The van der Waals surface area contributed by atoms with E-state index in [4.69, 9.17) is 9.26 Å². The van der Waals surface area contributed by atoms with Crippen molar-refractivity contribution >= 4 is 17.7 Å². The molecule has 9 heteroatoms. The van der Waals surface area contributed by atoms with Gasteiger partial charge in [-0.1, -0.05) is 5.16 Å². The zero-order chi connectivity index (χ0) is 18.4. The molecule has 8 nitrogen and oxygen atoms in total. The Morgan fingerprint density at radius 3 is 2.92 bits per heavy atom. The Morgan fingerprint density at radius 2 is 2.23 bits per heavy atom.